The Morgan fingerprint density at radius 3 is 2.43 bits per heavy atom. The standard InChI is InChI=1S/C27H28ClN5O2/c28-23-10-8-22(9-11-23)20-32-17-18-33-25(27(32)35)19-24(29-33)26(34)31-15-13-30(14-16-31)12-4-7-21-5-2-1-3-6-21/h1-11,19H,12-18,20H2/b7-4+. The number of halogens is 1. The second kappa shape index (κ2) is 10.5. The van der Waals surface area contributed by atoms with Crippen molar-refractivity contribution in [1.29, 1.82) is 0 Å². The van der Waals surface area contributed by atoms with Crippen LogP contribution in [0, 0.1) is 0 Å². The first-order chi connectivity index (χ1) is 17.1. The van der Waals surface area contributed by atoms with Crippen molar-refractivity contribution in [3.63, 3.8) is 0 Å². The summed E-state index contributed by atoms with van der Waals surface area (Å²) in [5.41, 5.74) is 3.02. The summed E-state index contributed by atoms with van der Waals surface area (Å²) in [6.07, 6.45) is 4.29. The van der Waals surface area contributed by atoms with Crippen LogP contribution in [-0.4, -0.2) is 75.6 Å². The summed E-state index contributed by atoms with van der Waals surface area (Å²) in [5, 5.41) is 5.14. The molecule has 0 radical (unpaired) electrons. The molecule has 8 heteroatoms. The Labute approximate surface area is 210 Å². The average molecular weight is 490 g/mol. The van der Waals surface area contributed by atoms with Crippen molar-refractivity contribution in [1.82, 2.24) is 24.5 Å². The molecule has 0 bridgehead atoms. The molecule has 2 amide bonds. The van der Waals surface area contributed by atoms with Gasteiger partial charge in [0.15, 0.2) is 5.69 Å². The highest BCUT2D eigenvalue weighted by Gasteiger charge is 2.30. The molecule has 2 aromatic carbocycles. The number of aromatic nitrogens is 2. The molecule has 0 atom stereocenters. The fourth-order valence-electron chi connectivity index (χ4n) is 4.50. The molecule has 1 fully saturated rings. The maximum absolute atomic E-state index is 13.1. The van der Waals surface area contributed by atoms with Crippen molar-refractivity contribution in [2.24, 2.45) is 0 Å². The van der Waals surface area contributed by atoms with Gasteiger partial charge in [-0.3, -0.25) is 19.2 Å². The number of carbonyl (C=O) groups is 2. The molecule has 0 unspecified atom stereocenters. The smallest absolute Gasteiger partial charge is 0.274 e. The van der Waals surface area contributed by atoms with Crippen molar-refractivity contribution in [2.75, 3.05) is 39.3 Å². The molecule has 5 rings (SSSR count). The van der Waals surface area contributed by atoms with Crippen molar-refractivity contribution >= 4 is 29.5 Å². The lowest BCUT2D eigenvalue weighted by Gasteiger charge is -2.33. The molecule has 0 saturated carbocycles. The number of piperazine rings is 1. The fourth-order valence-corrected chi connectivity index (χ4v) is 4.63. The monoisotopic (exact) mass is 489 g/mol. The summed E-state index contributed by atoms with van der Waals surface area (Å²) in [6, 6.07) is 19.4. The van der Waals surface area contributed by atoms with Gasteiger partial charge in [-0.2, -0.15) is 5.10 Å². The number of benzene rings is 2. The fraction of sp³-hybridized carbons (Fsp3) is 0.296. The van der Waals surface area contributed by atoms with Gasteiger partial charge in [0, 0.05) is 56.9 Å². The van der Waals surface area contributed by atoms with Crippen LogP contribution < -0.4 is 0 Å². The largest absolute Gasteiger partial charge is 0.335 e. The lowest BCUT2D eigenvalue weighted by molar-refractivity contribution is 0.0639. The maximum atomic E-state index is 13.1. The number of carbonyl (C=O) groups excluding carboxylic acids is 2. The molecule has 35 heavy (non-hydrogen) atoms. The Morgan fingerprint density at radius 1 is 0.943 bits per heavy atom. The molecule has 0 spiro atoms. The van der Waals surface area contributed by atoms with E-state index in [0.717, 1.165) is 25.2 Å². The summed E-state index contributed by atoms with van der Waals surface area (Å²) in [4.78, 5) is 32.1. The topological polar surface area (TPSA) is 61.7 Å². The number of fused-ring (bicyclic) bond motifs is 1. The van der Waals surface area contributed by atoms with Crippen LogP contribution in [0.15, 0.2) is 66.7 Å². The minimum atomic E-state index is -0.108. The Balaban J connectivity index is 1.16. The Hall–Kier alpha value is -3.42. The van der Waals surface area contributed by atoms with Gasteiger partial charge in [0.1, 0.15) is 5.69 Å². The summed E-state index contributed by atoms with van der Waals surface area (Å²) in [5.74, 6) is -0.212. The molecular weight excluding hydrogens is 462 g/mol. The van der Waals surface area contributed by atoms with E-state index >= 15 is 0 Å². The van der Waals surface area contributed by atoms with E-state index in [0.29, 0.717) is 49.1 Å². The minimum Gasteiger partial charge on any atom is -0.335 e. The van der Waals surface area contributed by atoms with E-state index in [9.17, 15) is 9.59 Å². The first kappa shape index (κ1) is 23.3. The van der Waals surface area contributed by atoms with Crippen LogP contribution in [-0.2, 0) is 13.1 Å². The molecular formula is C27H28ClN5O2. The zero-order valence-corrected chi connectivity index (χ0v) is 20.3. The summed E-state index contributed by atoms with van der Waals surface area (Å²) < 4.78 is 1.67. The Kier molecular flexibility index (Phi) is 6.97. The van der Waals surface area contributed by atoms with Crippen LogP contribution in [0.5, 0.6) is 0 Å². The second-order valence-corrected chi connectivity index (χ2v) is 9.33. The van der Waals surface area contributed by atoms with Gasteiger partial charge in [0.25, 0.3) is 11.8 Å². The molecule has 1 aromatic heterocycles. The van der Waals surface area contributed by atoms with Crippen LogP contribution in [0.1, 0.15) is 32.1 Å². The predicted molar refractivity (Wildman–Crippen MR) is 136 cm³/mol. The van der Waals surface area contributed by atoms with Crippen LogP contribution in [0.4, 0.5) is 0 Å². The number of rotatable bonds is 6. The first-order valence-corrected chi connectivity index (χ1v) is 12.3. The van der Waals surface area contributed by atoms with E-state index in [1.54, 1.807) is 15.6 Å². The zero-order valence-electron chi connectivity index (χ0n) is 19.5. The van der Waals surface area contributed by atoms with Crippen LogP contribution in [0.3, 0.4) is 0 Å². The highest BCUT2D eigenvalue weighted by molar-refractivity contribution is 6.30. The molecule has 3 aromatic rings. The minimum absolute atomic E-state index is 0.104. The quantitative estimate of drug-likeness (QED) is 0.530. The summed E-state index contributed by atoms with van der Waals surface area (Å²) in [7, 11) is 0. The van der Waals surface area contributed by atoms with Crippen molar-refractivity contribution < 1.29 is 9.59 Å². The summed E-state index contributed by atoms with van der Waals surface area (Å²) >= 11 is 5.97. The van der Waals surface area contributed by atoms with Gasteiger partial charge in [-0.15, -0.1) is 0 Å². The van der Waals surface area contributed by atoms with Crippen LogP contribution >= 0.6 is 11.6 Å². The highest BCUT2D eigenvalue weighted by Crippen LogP contribution is 2.19. The van der Waals surface area contributed by atoms with E-state index in [1.165, 1.54) is 5.56 Å². The predicted octanol–water partition coefficient (Wildman–Crippen LogP) is 3.66. The first-order valence-electron chi connectivity index (χ1n) is 11.9. The molecule has 1 saturated heterocycles. The second-order valence-electron chi connectivity index (χ2n) is 8.90. The molecule has 0 aliphatic carbocycles. The number of amides is 2. The van der Waals surface area contributed by atoms with Gasteiger partial charge in [-0.05, 0) is 23.3 Å². The Morgan fingerprint density at radius 2 is 1.69 bits per heavy atom. The molecule has 7 nitrogen and oxygen atoms in total. The third kappa shape index (κ3) is 5.47. The zero-order chi connectivity index (χ0) is 24.2. The van der Waals surface area contributed by atoms with Gasteiger partial charge in [-0.25, -0.2) is 0 Å². The van der Waals surface area contributed by atoms with E-state index < -0.39 is 0 Å². The van der Waals surface area contributed by atoms with E-state index in [2.05, 4.69) is 34.3 Å². The van der Waals surface area contributed by atoms with Gasteiger partial charge >= 0.3 is 0 Å². The third-order valence-corrected chi connectivity index (χ3v) is 6.76. The third-order valence-electron chi connectivity index (χ3n) is 6.51. The van der Waals surface area contributed by atoms with E-state index in [4.69, 9.17) is 11.6 Å². The molecule has 2 aliphatic rings. The molecule has 0 N–H and O–H groups in total. The van der Waals surface area contributed by atoms with E-state index in [-0.39, 0.29) is 11.8 Å². The summed E-state index contributed by atoms with van der Waals surface area (Å²) in [6.45, 7) is 5.41. The van der Waals surface area contributed by atoms with Gasteiger partial charge in [0.2, 0.25) is 0 Å². The normalized spacial score (nSPS) is 16.7. The number of hydrogen-bond donors (Lipinski definition) is 0. The average Bonchev–Trinajstić information content (AvgIpc) is 3.33. The number of hydrogen-bond acceptors (Lipinski definition) is 4. The van der Waals surface area contributed by atoms with Gasteiger partial charge in [0.05, 0.1) is 6.54 Å². The van der Waals surface area contributed by atoms with Crippen LogP contribution in [0.25, 0.3) is 6.08 Å². The SMILES string of the molecule is O=C(c1cc2n(n1)CCN(Cc1ccc(Cl)cc1)C2=O)N1CCN(C/C=C/c2ccccc2)CC1. The van der Waals surface area contributed by atoms with E-state index in [1.807, 2.05) is 47.4 Å². The maximum Gasteiger partial charge on any atom is 0.274 e. The highest BCUT2D eigenvalue weighted by atomic mass is 35.5. The van der Waals surface area contributed by atoms with Gasteiger partial charge in [-0.1, -0.05) is 66.2 Å². The molecule has 3 heterocycles. The lowest BCUT2D eigenvalue weighted by atomic mass is 10.2. The van der Waals surface area contributed by atoms with Crippen molar-refractivity contribution in [3.8, 4) is 0 Å². The van der Waals surface area contributed by atoms with Crippen LogP contribution in [0.2, 0.25) is 5.02 Å². The van der Waals surface area contributed by atoms with Crippen molar-refractivity contribution in [3.05, 3.63) is 94.3 Å². The van der Waals surface area contributed by atoms with Gasteiger partial charge < -0.3 is 9.80 Å². The Bertz CT molecular complexity index is 1210. The number of nitrogens with zero attached hydrogens (tertiary/aromatic N) is 5. The molecule has 2 aliphatic heterocycles. The lowest BCUT2D eigenvalue weighted by Crippen LogP contribution is -2.48. The molecule has 180 valence electrons. The van der Waals surface area contributed by atoms with Crippen molar-refractivity contribution in [2.45, 2.75) is 13.1 Å².